The molecule has 31 heavy (non-hydrogen) atoms. The average molecular weight is 518 g/mol. The molecule has 4 rings (SSSR count). The van der Waals surface area contributed by atoms with Gasteiger partial charge < -0.3 is 9.80 Å². The van der Waals surface area contributed by atoms with Gasteiger partial charge in [-0.25, -0.2) is 0 Å². The lowest BCUT2D eigenvalue weighted by atomic mass is 10.00. The van der Waals surface area contributed by atoms with Crippen LogP contribution in [0.25, 0.3) is 0 Å². The molecule has 0 spiro atoms. The second-order valence-corrected chi connectivity index (χ2v) is 9.52. The molecular weight excluding hydrogens is 495 g/mol. The van der Waals surface area contributed by atoms with E-state index in [1.807, 2.05) is 66.4 Å². The normalized spacial score (nSPS) is 16.5. The minimum atomic E-state index is -0.00520. The van der Waals surface area contributed by atoms with Gasteiger partial charge in [-0.15, -0.1) is 0 Å². The van der Waals surface area contributed by atoms with E-state index in [1.165, 1.54) is 0 Å². The third kappa shape index (κ3) is 5.08. The SMILES string of the molecule is Cc1ccc(N2CCN(C(=O)Cc3ccccc3Br)CC2c2ccc(Cl)cc2)c(Cl)c1. The van der Waals surface area contributed by atoms with Gasteiger partial charge in [0.2, 0.25) is 5.91 Å². The summed E-state index contributed by atoms with van der Waals surface area (Å²) in [4.78, 5) is 17.4. The summed E-state index contributed by atoms with van der Waals surface area (Å²) in [6, 6.07) is 21.9. The quantitative estimate of drug-likeness (QED) is 0.384. The molecule has 0 aliphatic carbocycles. The number of anilines is 1. The first-order valence-electron chi connectivity index (χ1n) is 10.2. The van der Waals surface area contributed by atoms with E-state index in [-0.39, 0.29) is 11.9 Å². The summed E-state index contributed by atoms with van der Waals surface area (Å²) in [7, 11) is 0. The minimum absolute atomic E-state index is 0.00520. The van der Waals surface area contributed by atoms with Gasteiger partial charge in [-0.05, 0) is 53.9 Å². The first-order valence-corrected chi connectivity index (χ1v) is 11.8. The Hall–Kier alpha value is -2.01. The van der Waals surface area contributed by atoms with Gasteiger partial charge in [0, 0.05) is 29.1 Å². The van der Waals surface area contributed by atoms with Crippen molar-refractivity contribution in [3.63, 3.8) is 0 Å². The Morgan fingerprint density at radius 2 is 1.77 bits per heavy atom. The van der Waals surface area contributed by atoms with Crippen molar-refractivity contribution < 1.29 is 4.79 Å². The Balaban J connectivity index is 1.61. The molecule has 6 heteroatoms. The van der Waals surface area contributed by atoms with Gasteiger partial charge in [0.15, 0.2) is 0 Å². The highest BCUT2D eigenvalue weighted by Gasteiger charge is 2.32. The standard InChI is InChI=1S/C25H23BrCl2N2O/c1-17-6-11-23(22(28)14-17)30-13-12-29(16-24(30)18-7-9-20(27)10-8-18)25(31)15-19-4-2-3-5-21(19)26/h2-11,14,24H,12-13,15-16H2,1H3. The second kappa shape index (κ2) is 9.64. The van der Waals surface area contributed by atoms with Crippen LogP contribution in [-0.4, -0.2) is 30.4 Å². The molecule has 1 saturated heterocycles. The van der Waals surface area contributed by atoms with E-state index in [0.29, 0.717) is 31.1 Å². The summed E-state index contributed by atoms with van der Waals surface area (Å²) < 4.78 is 0.961. The maximum Gasteiger partial charge on any atom is 0.227 e. The zero-order valence-corrected chi connectivity index (χ0v) is 20.3. The van der Waals surface area contributed by atoms with Gasteiger partial charge >= 0.3 is 0 Å². The Labute approximate surface area is 201 Å². The lowest BCUT2D eigenvalue weighted by Crippen LogP contribution is -2.51. The van der Waals surface area contributed by atoms with Crippen LogP contribution in [0.2, 0.25) is 10.0 Å². The number of carbonyl (C=O) groups excluding carboxylic acids is 1. The maximum atomic E-state index is 13.1. The van der Waals surface area contributed by atoms with Crippen molar-refractivity contribution in [1.82, 2.24) is 4.90 Å². The average Bonchev–Trinajstić information content (AvgIpc) is 2.76. The number of amides is 1. The number of hydrogen-bond acceptors (Lipinski definition) is 2. The lowest BCUT2D eigenvalue weighted by Gasteiger charge is -2.43. The molecule has 160 valence electrons. The summed E-state index contributed by atoms with van der Waals surface area (Å²) >= 11 is 16.3. The number of benzene rings is 3. The zero-order chi connectivity index (χ0) is 22.0. The molecular formula is C25H23BrCl2N2O. The highest BCUT2D eigenvalue weighted by Crippen LogP contribution is 2.36. The first kappa shape index (κ1) is 22.2. The third-order valence-electron chi connectivity index (χ3n) is 5.70. The van der Waals surface area contributed by atoms with Crippen LogP contribution in [0.1, 0.15) is 22.7 Å². The van der Waals surface area contributed by atoms with Crippen LogP contribution in [0.4, 0.5) is 5.69 Å². The van der Waals surface area contributed by atoms with Crippen molar-refractivity contribution >= 4 is 50.7 Å². The summed E-state index contributed by atoms with van der Waals surface area (Å²) in [6.45, 7) is 3.98. The van der Waals surface area contributed by atoms with Crippen LogP contribution >= 0.6 is 39.1 Å². The number of rotatable bonds is 4. The number of carbonyl (C=O) groups is 1. The Morgan fingerprint density at radius 1 is 1.03 bits per heavy atom. The summed E-state index contributed by atoms with van der Waals surface area (Å²) in [5.41, 5.74) is 4.23. The van der Waals surface area contributed by atoms with Gasteiger partial charge in [0.1, 0.15) is 0 Å². The number of hydrogen-bond donors (Lipinski definition) is 0. The first-order chi connectivity index (χ1) is 14.9. The fourth-order valence-corrected chi connectivity index (χ4v) is 4.92. The van der Waals surface area contributed by atoms with Crippen LogP contribution in [0.5, 0.6) is 0 Å². The van der Waals surface area contributed by atoms with Crippen LogP contribution in [-0.2, 0) is 11.2 Å². The molecule has 0 radical (unpaired) electrons. The molecule has 0 bridgehead atoms. The van der Waals surface area contributed by atoms with Gasteiger partial charge in [-0.2, -0.15) is 0 Å². The molecule has 1 atom stereocenters. The zero-order valence-electron chi connectivity index (χ0n) is 17.2. The second-order valence-electron chi connectivity index (χ2n) is 7.82. The molecule has 3 nitrogen and oxygen atoms in total. The van der Waals surface area contributed by atoms with E-state index < -0.39 is 0 Å². The Bertz CT molecular complexity index is 1090. The molecule has 1 amide bonds. The smallest absolute Gasteiger partial charge is 0.227 e. The van der Waals surface area contributed by atoms with Crippen molar-refractivity contribution in [3.8, 4) is 0 Å². The fraction of sp³-hybridized carbons (Fsp3) is 0.240. The van der Waals surface area contributed by atoms with Gasteiger partial charge in [0.25, 0.3) is 0 Å². The van der Waals surface area contributed by atoms with E-state index in [1.54, 1.807) is 0 Å². The lowest BCUT2D eigenvalue weighted by molar-refractivity contribution is -0.131. The van der Waals surface area contributed by atoms with Crippen molar-refractivity contribution in [2.45, 2.75) is 19.4 Å². The van der Waals surface area contributed by atoms with Crippen molar-refractivity contribution in [1.29, 1.82) is 0 Å². The van der Waals surface area contributed by atoms with E-state index in [4.69, 9.17) is 23.2 Å². The molecule has 0 saturated carbocycles. The molecule has 1 aliphatic heterocycles. The molecule has 0 aromatic heterocycles. The van der Waals surface area contributed by atoms with Gasteiger partial charge in [0.05, 0.1) is 23.2 Å². The largest absolute Gasteiger partial charge is 0.360 e. The molecule has 1 aliphatic rings. The van der Waals surface area contributed by atoms with Crippen molar-refractivity contribution in [2.75, 3.05) is 24.5 Å². The molecule has 1 heterocycles. The molecule has 1 fully saturated rings. The topological polar surface area (TPSA) is 23.6 Å². The van der Waals surface area contributed by atoms with Crippen LogP contribution in [0, 0.1) is 6.92 Å². The highest BCUT2D eigenvalue weighted by atomic mass is 79.9. The number of nitrogens with zero attached hydrogens (tertiary/aromatic N) is 2. The maximum absolute atomic E-state index is 13.1. The Morgan fingerprint density at radius 3 is 2.48 bits per heavy atom. The van der Waals surface area contributed by atoms with E-state index in [0.717, 1.165) is 31.9 Å². The molecule has 1 unspecified atom stereocenters. The van der Waals surface area contributed by atoms with Crippen LogP contribution < -0.4 is 4.90 Å². The minimum Gasteiger partial charge on any atom is -0.360 e. The highest BCUT2D eigenvalue weighted by molar-refractivity contribution is 9.10. The predicted octanol–water partition coefficient (Wildman–Crippen LogP) is 6.70. The predicted molar refractivity (Wildman–Crippen MR) is 132 cm³/mol. The van der Waals surface area contributed by atoms with Gasteiger partial charge in [-0.3, -0.25) is 4.79 Å². The summed E-state index contributed by atoms with van der Waals surface area (Å²) in [5.74, 6) is 0.125. The summed E-state index contributed by atoms with van der Waals surface area (Å²) in [6.07, 6.45) is 0.375. The number of aryl methyl sites for hydroxylation is 1. The van der Waals surface area contributed by atoms with Crippen molar-refractivity contribution in [3.05, 3.63) is 97.9 Å². The third-order valence-corrected chi connectivity index (χ3v) is 7.03. The van der Waals surface area contributed by atoms with Crippen LogP contribution in [0.15, 0.2) is 71.2 Å². The van der Waals surface area contributed by atoms with Crippen LogP contribution in [0.3, 0.4) is 0 Å². The van der Waals surface area contributed by atoms with E-state index in [9.17, 15) is 4.79 Å². The van der Waals surface area contributed by atoms with E-state index in [2.05, 4.69) is 33.0 Å². The summed E-state index contributed by atoms with van der Waals surface area (Å²) in [5, 5.41) is 1.42. The number of piperazine rings is 1. The Kier molecular flexibility index (Phi) is 6.90. The fourth-order valence-electron chi connectivity index (χ4n) is 4.03. The molecule has 3 aromatic rings. The van der Waals surface area contributed by atoms with Gasteiger partial charge in [-0.1, -0.05) is 75.5 Å². The molecule has 0 N–H and O–H groups in total. The monoisotopic (exact) mass is 516 g/mol. The van der Waals surface area contributed by atoms with E-state index >= 15 is 0 Å². The number of halogens is 3. The molecule has 3 aromatic carbocycles. The van der Waals surface area contributed by atoms with Crippen molar-refractivity contribution in [2.24, 2.45) is 0 Å².